The van der Waals surface area contributed by atoms with Gasteiger partial charge >= 0.3 is 6.09 Å². The van der Waals surface area contributed by atoms with Crippen LogP contribution in [0.3, 0.4) is 0 Å². The van der Waals surface area contributed by atoms with Crippen molar-refractivity contribution in [1.29, 1.82) is 0 Å². The van der Waals surface area contributed by atoms with E-state index in [-0.39, 0.29) is 15.7 Å². The Morgan fingerprint density at radius 3 is 2.04 bits per heavy atom. The molecule has 0 fully saturated rings. The van der Waals surface area contributed by atoms with Crippen molar-refractivity contribution in [2.45, 2.75) is 13.8 Å². The summed E-state index contributed by atoms with van der Waals surface area (Å²) in [6.07, 6.45) is -2.82. The molecule has 2 amide bonds. The molecule has 0 bridgehead atoms. The second kappa shape index (κ2) is 8.78. The van der Waals surface area contributed by atoms with Crippen molar-refractivity contribution >= 4 is 110 Å². The Balaban J connectivity index is 2.81. The molecule has 0 aliphatic carbocycles. The topological polar surface area (TPSA) is 67.4 Å². The summed E-state index contributed by atoms with van der Waals surface area (Å²) in [5.41, 5.74) is 0.241. The Hall–Kier alpha value is 0.280. The Morgan fingerprint density at radius 2 is 1.58 bits per heavy atom. The third-order valence-electron chi connectivity index (χ3n) is 2.21. The van der Waals surface area contributed by atoms with Crippen LogP contribution in [0.4, 0.5) is 10.5 Å². The lowest BCUT2D eigenvalue weighted by atomic mass is 10.3. The predicted octanol–water partition coefficient (Wildman–Crippen LogP) is 5.72. The van der Waals surface area contributed by atoms with E-state index >= 15 is 0 Å². The Bertz CT molecular complexity index is 629. The highest BCUT2D eigenvalue weighted by Gasteiger charge is 2.41. The minimum Gasteiger partial charge on any atom is -0.421 e. The molecule has 1 aromatic rings. The van der Waals surface area contributed by atoms with Crippen LogP contribution in [0.15, 0.2) is 18.2 Å². The zero-order valence-corrected chi connectivity index (χ0v) is 17.1. The summed E-state index contributed by atoms with van der Waals surface area (Å²) in [4.78, 5) is 23.5. The van der Waals surface area contributed by atoms with Crippen LogP contribution < -0.4 is 10.6 Å². The number of carbonyl (C=O) groups is 2. The van der Waals surface area contributed by atoms with E-state index in [2.05, 4.69) is 5.32 Å². The van der Waals surface area contributed by atoms with Gasteiger partial charge in [-0.15, -0.1) is 0 Å². The lowest BCUT2D eigenvalue weighted by molar-refractivity contribution is -0.123. The molecule has 0 aliphatic heterocycles. The highest BCUT2D eigenvalue weighted by molar-refractivity contribution is 6.76. The molecular weight excluding hydrogens is 492 g/mol. The molecular formula is C11H6Cl8N2O3. The van der Waals surface area contributed by atoms with E-state index < -0.39 is 25.8 Å². The van der Waals surface area contributed by atoms with Crippen LogP contribution >= 0.6 is 92.8 Å². The number of ether oxygens (including phenoxy) is 1. The van der Waals surface area contributed by atoms with Crippen molar-refractivity contribution < 1.29 is 14.3 Å². The van der Waals surface area contributed by atoms with Crippen molar-refractivity contribution in [3.63, 3.8) is 0 Å². The molecule has 0 aliphatic rings. The molecule has 13 heteroatoms. The summed E-state index contributed by atoms with van der Waals surface area (Å²) in [6.45, 7) is 0. The highest BCUT2D eigenvalue weighted by atomic mass is 35.6. The standard InChI is InChI=1S/C11H6Cl8N2O3/c12-5-2-1-4(3-6(5)13)20-9(23)24-8(11(17,18)19)21-7(22)10(14,15)16/h1-3,8H,(H,20,23)(H,21,22). The van der Waals surface area contributed by atoms with E-state index in [0.29, 0.717) is 0 Å². The van der Waals surface area contributed by atoms with Gasteiger partial charge in [0, 0.05) is 5.69 Å². The summed E-state index contributed by atoms with van der Waals surface area (Å²) in [5, 5.41) is 4.74. The molecule has 0 saturated heterocycles. The van der Waals surface area contributed by atoms with E-state index in [4.69, 9.17) is 97.5 Å². The van der Waals surface area contributed by atoms with Gasteiger partial charge in [0.2, 0.25) is 10.0 Å². The van der Waals surface area contributed by atoms with Gasteiger partial charge in [-0.25, -0.2) is 4.79 Å². The molecule has 134 valence electrons. The molecule has 0 spiro atoms. The zero-order chi connectivity index (χ0) is 18.7. The number of nitrogens with one attached hydrogen (secondary N) is 2. The van der Waals surface area contributed by atoms with Gasteiger partial charge in [0.05, 0.1) is 10.0 Å². The average molecular weight is 498 g/mol. The maximum absolute atomic E-state index is 11.9. The van der Waals surface area contributed by atoms with Gasteiger partial charge in [0.15, 0.2) is 0 Å². The number of hydrogen-bond acceptors (Lipinski definition) is 3. The molecule has 0 radical (unpaired) electrons. The lowest BCUT2D eigenvalue weighted by Crippen LogP contribution is -2.50. The molecule has 1 atom stereocenters. The fourth-order valence-electron chi connectivity index (χ4n) is 1.21. The third kappa shape index (κ3) is 7.26. The van der Waals surface area contributed by atoms with Crippen molar-refractivity contribution in [2.75, 3.05) is 5.32 Å². The van der Waals surface area contributed by atoms with Gasteiger partial charge in [-0.3, -0.25) is 10.1 Å². The van der Waals surface area contributed by atoms with Gasteiger partial charge in [-0.05, 0) is 18.2 Å². The molecule has 5 nitrogen and oxygen atoms in total. The molecule has 24 heavy (non-hydrogen) atoms. The largest absolute Gasteiger partial charge is 0.421 e. The van der Waals surface area contributed by atoms with Crippen LogP contribution in [0.2, 0.25) is 10.0 Å². The minimum atomic E-state index is -2.35. The number of anilines is 1. The van der Waals surface area contributed by atoms with Gasteiger partial charge in [-0.1, -0.05) is 92.8 Å². The molecule has 0 aromatic heterocycles. The first-order chi connectivity index (χ1) is 10.8. The fraction of sp³-hybridized carbons (Fsp3) is 0.273. The van der Waals surface area contributed by atoms with Crippen molar-refractivity contribution in [3.8, 4) is 0 Å². The first kappa shape index (κ1) is 22.3. The van der Waals surface area contributed by atoms with Crippen LogP contribution in [0.1, 0.15) is 0 Å². The molecule has 0 saturated carbocycles. The summed E-state index contributed by atoms with van der Waals surface area (Å²) in [7, 11) is 0. The monoisotopic (exact) mass is 494 g/mol. The van der Waals surface area contributed by atoms with Crippen molar-refractivity contribution in [2.24, 2.45) is 0 Å². The number of halogens is 8. The van der Waals surface area contributed by atoms with Crippen LogP contribution in [0.5, 0.6) is 0 Å². The SMILES string of the molecule is O=C(Nc1ccc(Cl)c(Cl)c1)OC(NC(=O)C(Cl)(Cl)Cl)C(Cl)(Cl)Cl. The van der Waals surface area contributed by atoms with Crippen molar-refractivity contribution in [1.82, 2.24) is 5.32 Å². The number of hydrogen-bond donors (Lipinski definition) is 2. The van der Waals surface area contributed by atoms with Gasteiger partial charge in [0.25, 0.3) is 9.70 Å². The average Bonchev–Trinajstić information content (AvgIpc) is 2.40. The first-order valence-corrected chi connectivity index (χ1v) is 8.70. The van der Waals surface area contributed by atoms with Crippen LogP contribution in [-0.4, -0.2) is 25.8 Å². The smallest absolute Gasteiger partial charge is 0.413 e. The van der Waals surface area contributed by atoms with Crippen LogP contribution in [0, 0.1) is 0 Å². The highest BCUT2D eigenvalue weighted by Crippen LogP contribution is 2.33. The Labute approximate surface area is 176 Å². The van der Waals surface area contributed by atoms with Crippen molar-refractivity contribution in [3.05, 3.63) is 28.2 Å². The molecule has 1 unspecified atom stereocenters. The molecule has 1 rings (SSSR count). The second-order valence-corrected chi connectivity index (χ2v) is 9.52. The third-order valence-corrected chi connectivity index (χ3v) is 4.06. The maximum Gasteiger partial charge on any atom is 0.413 e. The summed E-state index contributed by atoms with van der Waals surface area (Å²) in [6, 6.07) is 4.24. The normalized spacial score (nSPS) is 13.2. The maximum atomic E-state index is 11.9. The minimum absolute atomic E-state index is 0.192. The van der Waals surface area contributed by atoms with Gasteiger partial charge in [0.1, 0.15) is 0 Å². The van der Waals surface area contributed by atoms with E-state index in [1.165, 1.54) is 18.2 Å². The van der Waals surface area contributed by atoms with E-state index in [9.17, 15) is 9.59 Å². The summed E-state index contributed by atoms with van der Waals surface area (Å²) >= 11 is 44.6. The number of rotatable bonds is 3. The van der Waals surface area contributed by atoms with Crippen LogP contribution in [-0.2, 0) is 9.53 Å². The molecule has 0 heterocycles. The number of amides is 2. The van der Waals surface area contributed by atoms with Crippen LogP contribution in [0.25, 0.3) is 0 Å². The second-order valence-electron chi connectivity index (χ2n) is 4.05. The van der Waals surface area contributed by atoms with E-state index in [1.54, 1.807) is 0 Å². The number of alkyl halides is 6. The summed E-state index contributed by atoms with van der Waals surface area (Å²) < 4.78 is 0.240. The quantitative estimate of drug-likeness (QED) is 0.414. The lowest BCUT2D eigenvalue weighted by Gasteiger charge is -2.26. The Kier molecular flexibility index (Phi) is 8.17. The fourth-order valence-corrected chi connectivity index (χ4v) is 1.97. The number of carbonyl (C=O) groups excluding carboxylic acids is 2. The Morgan fingerprint density at radius 1 is 1.00 bits per heavy atom. The zero-order valence-electron chi connectivity index (χ0n) is 11.1. The molecule has 2 N–H and O–H groups in total. The molecule has 1 aromatic carbocycles. The number of benzene rings is 1. The van der Waals surface area contributed by atoms with E-state index in [0.717, 1.165) is 0 Å². The predicted molar refractivity (Wildman–Crippen MR) is 99.1 cm³/mol. The first-order valence-electron chi connectivity index (χ1n) is 5.68. The van der Waals surface area contributed by atoms with E-state index in [1.807, 2.05) is 5.32 Å². The van der Waals surface area contributed by atoms with Gasteiger partial charge < -0.3 is 10.1 Å². The summed E-state index contributed by atoms with van der Waals surface area (Å²) in [5.74, 6) is -1.16. The van der Waals surface area contributed by atoms with Gasteiger partial charge in [-0.2, -0.15) is 0 Å².